The first-order valence-electron chi connectivity index (χ1n) is 8.40. The minimum Gasteiger partial charge on any atom is -0.317 e. The lowest BCUT2D eigenvalue weighted by Gasteiger charge is -2.21. The lowest BCUT2D eigenvalue weighted by molar-refractivity contribution is -0.120. The SMILES string of the molecule is O=C(Nc1cc(C2CCCCCC2)[nH]n1)C1CCNCC1. The van der Waals surface area contributed by atoms with Gasteiger partial charge >= 0.3 is 0 Å². The first-order valence-corrected chi connectivity index (χ1v) is 8.40. The molecule has 1 aliphatic heterocycles. The van der Waals surface area contributed by atoms with Gasteiger partial charge in [0.2, 0.25) is 5.91 Å². The van der Waals surface area contributed by atoms with E-state index in [9.17, 15) is 4.79 Å². The summed E-state index contributed by atoms with van der Waals surface area (Å²) < 4.78 is 0. The molecule has 0 radical (unpaired) electrons. The number of anilines is 1. The van der Waals surface area contributed by atoms with Gasteiger partial charge in [0.15, 0.2) is 5.82 Å². The average Bonchev–Trinajstić information content (AvgIpc) is 2.81. The van der Waals surface area contributed by atoms with Crippen molar-refractivity contribution in [2.75, 3.05) is 18.4 Å². The van der Waals surface area contributed by atoms with Gasteiger partial charge in [-0.1, -0.05) is 25.7 Å². The highest BCUT2D eigenvalue weighted by atomic mass is 16.2. The number of carbonyl (C=O) groups excluding carboxylic acids is 1. The lowest BCUT2D eigenvalue weighted by atomic mass is 9.96. The molecule has 0 atom stereocenters. The Balaban J connectivity index is 1.57. The molecule has 5 heteroatoms. The third-order valence-corrected chi connectivity index (χ3v) is 4.85. The molecule has 3 N–H and O–H groups in total. The number of rotatable bonds is 3. The van der Waals surface area contributed by atoms with Gasteiger partial charge in [-0.3, -0.25) is 9.89 Å². The Morgan fingerprint density at radius 1 is 1.10 bits per heavy atom. The molecule has 0 aromatic carbocycles. The second kappa shape index (κ2) is 7.07. The van der Waals surface area contributed by atoms with E-state index in [-0.39, 0.29) is 11.8 Å². The Hall–Kier alpha value is -1.36. The minimum absolute atomic E-state index is 0.121. The summed E-state index contributed by atoms with van der Waals surface area (Å²) in [5.74, 6) is 1.53. The standard InChI is InChI=1S/C16H26N4O/c21-16(13-7-9-17-10-8-13)18-15-11-14(19-20-15)12-5-3-1-2-4-6-12/h11-13,17H,1-10H2,(H2,18,19,20,21). The van der Waals surface area contributed by atoms with Gasteiger partial charge in [-0.2, -0.15) is 5.10 Å². The second-order valence-electron chi connectivity index (χ2n) is 6.41. The number of hydrogen-bond donors (Lipinski definition) is 3. The molecule has 1 aliphatic carbocycles. The average molecular weight is 290 g/mol. The topological polar surface area (TPSA) is 69.8 Å². The quantitative estimate of drug-likeness (QED) is 0.750. The van der Waals surface area contributed by atoms with Crippen molar-refractivity contribution in [2.24, 2.45) is 5.92 Å². The highest BCUT2D eigenvalue weighted by molar-refractivity contribution is 5.91. The normalized spacial score (nSPS) is 21.9. The summed E-state index contributed by atoms with van der Waals surface area (Å²) in [6.45, 7) is 1.87. The van der Waals surface area contributed by atoms with Crippen molar-refractivity contribution < 1.29 is 4.79 Å². The molecule has 0 spiro atoms. The van der Waals surface area contributed by atoms with Gasteiger partial charge in [0.05, 0.1) is 0 Å². The Bertz CT molecular complexity index is 457. The monoisotopic (exact) mass is 290 g/mol. The molecule has 1 saturated carbocycles. The van der Waals surface area contributed by atoms with E-state index in [2.05, 4.69) is 20.8 Å². The molecule has 3 rings (SSSR count). The van der Waals surface area contributed by atoms with Crippen molar-refractivity contribution in [1.29, 1.82) is 0 Å². The number of piperidine rings is 1. The molecule has 21 heavy (non-hydrogen) atoms. The molecule has 2 heterocycles. The Labute approximate surface area is 126 Å². The van der Waals surface area contributed by atoms with Crippen molar-refractivity contribution in [2.45, 2.75) is 57.3 Å². The summed E-state index contributed by atoms with van der Waals surface area (Å²) in [6.07, 6.45) is 9.64. The van der Waals surface area contributed by atoms with Crippen LogP contribution in [0.4, 0.5) is 5.82 Å². The van der Waals surface area contributed by atoms with E-state index in [1.807, 2.05) is 6.07 Å². The molecule has 1 aromatic heterocycles. The molecule has 2 aliphatic rings. The van der Waals surface area contributed by atoms with E-state index in [1.165, 1.54) is 44.2 Å². The van der Waals surface area contributed by atoms with Gasteiger partial charge in [0, 0.05) is 23.6 Å². The summed E-state index contributed by atoms with van der Waals surface area (Å²) in [7, 11) is 0. The van der Waals surface area contributed by atoms with Crippen LogP contribution in [-0.2, 0) is 4.79 Å². The predicted molar refractivity (Wildman–Crippen MR) is 83.3 cm³/mol. The van der Waals surface area contributed by atoms with Crippen LogP contribution in [0.5, 0.6) is 0 Å². The van der Waals surface area contributed by atoms with E-state index in [4.69, 9.17) is 0 Å². The van der Waals surface area contributed by atoms with Gasteiger partial charge in [-0.15, -0.1) is 0 Å². The van der Waals surface area contributed by atoms with Crippen molar-refractivity contribution >= 4 is 11.7 Å². The summed E-state index contributed by atoms with van der Waals surface area (Å²) in [6, 6.07) is 2.04. The third kappa shape index (κ3) is 3.84. The summed E-state index contributed by atoms with van der Waals surface area (Å²) in [4.78, 5) is 12.2. The fourth-order valence-electron chi connectivity index (χ4n) is 3.51. The zero-order chi connectivity index (χ0) is 14.5. The molecule has 1 amide bonds. The number of aromatic nitrogens is 2. The number of hydrogen-bond acceptors (Lipinski definition) is 3. The molecule has 1 aromatic rings. The fourth-order valence-corrected chi connectivity index (χ4v) is 3.51. The lowest BCUT2D eigenvalue weighted by Crippen LogP contribution is -2.34. The van der Waals surface area contributed by atoms with Gasteiger partial charge in [0.1, 0.15) is 0 Å². The zero-order valence-electron chi connectivity index (χ0n) is 12.7. The van der Waals surface area contributed by atoms with Gasteiger partial charge in [0.25, 0.3) is 0 Å². The molecule has 2 fully saturated rings. The highest BCUT2D eigenvalue weighted by Gasteiger charge is 2.22. The van der Waals surface area contributed by atoms with Gasteiger partial charge < -0.3 is 10.6 Å². The largest absolute Gasteiger partial charge is 0.317 e. The number of aromatic amines is 1. The van der Waals surface area contributed by atoms with Crippen molar-refractivity contribution in [3.63, 3.8) is 0 Å². The number of carbonyl (C=O) groups is 1. The van der Waals surface area contributed by atoms with Crippen LogP contribution in [0.15, 0.2) is 6.07 Å². The molecule has 0 unspecified atom stereocenters. The van der Waals surface area contributed by atoms with Crippen LogP contribution in [0.1, 0.15) is 63.0 Å². The first kappa shape index (κ1) is 14.6. The maximum Gasteiger partial charge on any atom is 0.228 e. The van der Waals surface area contributed by atoms with Gasteiger partial charge in [-0.05, 0) is 38.8 Å². The summed E-state index contributed by atoms with van der Waals surface area (Å²) in [5, 5.41) is 13.7. The van der Waals surface area contributed by atoms with Crippen molar-refractivity contribution in [3.05, 3.63) is 11.8 Å². The number of nitrogens with one attached hydrogen (secondary N) is 3. The van der Waals surface area contributed by atoms with Gasteiger partial charge in [-0.25, -0.2) is 0 Å². The van der Waals surface area contributed by atoms with Crippen LogP contribution in [0, 0.1) is 5.92 Å². The maximum atomic E-state index is 12.2. The number of nitrogens with zero attached hydrogens (tertiary/aromatic N) is 1. The summed E-state index contributed by atoms with van der Waals surface area (Å²) in [5.41, 5.74) is 1.19. The van der Waals surface area contributed by atoms with Crippen LogP contribution in [-0.4, -0.2) is 29.2 Å². The van der Waals surface area contributed by atoms with Crippen LogP contribution < -0.4 is 10.6 Å². The maximum absolute atomic E-state index is 12.2. The van der Waals surface area contributed by atoms with E-state index in [0.717, 1.165) is 25.9 Å². The number of H-pyrrole nitrogens is 1. The van der Waals surface area contributed by atoms with E-state index in [0.29, 0.717) is 11.7 Å². The fraction of sp³-hybridized carbons (Fsp3) is 0.750. The number of amides is 1. The van der Waals surface area contributed by atoms with E-state index < -0.39 is 0 Å². The van der Waals surface area contributed by atoms with Crippen LogP contribution in [0.2, 0.25) is 0 Å². The highest BCUT2D eigenvalue weighted by Crippen LogP contribution is 2.31. The molecule has 1 saturated heterocycles. The van der Waals surface area contributed by atoms with Crippen molar-refractivity contribution in [1.82, 2.24) is 15.5 Å². The Morgan fingerprint density at radius 3 is 2.52 bits per heavy atom. The molecule has 5 nitrogen and oxygen atoms in total. The third-order valence-electron chi connectivity index (χ3n) is 4.85. The second-order valence-corrected chi connectivity index (χ2v) is 6.41. The van der Waals surface area contributed by atoms with Crippen LogP contribution >= 0.6 is 0 Å². The van der Waals surface area contributed by atoms with Crippen LogP contribution in [0.25, 0.3) is 0 Å². The minimum atomic E-state index is 0.121. The Morgan fingerprint density at radius 2 is 1.81 bits per heavy atom. The molecular weight excluding hydrogens is 264 g/mol. The van der Waals surface area contributed by atoms with E-state index in [1.54, 1.807) is 0 Å². The Kier molecular flexibility index (Phi) is 4.91. The van der Waals surface area contributed by atoms with Crippen LogP contribution in [0.3, 0.4) is 0 Å². The summed E-state index contributed by atoms with van der Waals surface area (Å²) >= 11 is 0. The molecular formula is C16H26N4O. The molecule has 116 valence electrons. The molecule has 0 bridgehead atoms. The smallest absolute Gasteiger partial charge is 0.228 e. The first-order chi connectivity index (χ1) is 10.3. The van der Waals surface area contributed by atoms with Crippen molar-refractivity contribution in [3.8, 4) is 0 Å². The zero-order valence-corrected chi connectivity index (χ0v) is 12.7. The van der Waals surface area contributed by atoms with E-state index >= 15 is 0 Å². The predicted octanol–water partition coefficient (Wildman–Crippen LogP) is 2.79.